The lowest BCUT2D eigenvalue weighted by atomic mass is 10.1. The maximum Gasteiger partial charge on any atom is 0.333 e. The molecule has 0 atom stereocenters. The second-order valence-electron chi connectivity index (χ2n) is 7.65. The highest BCUT2D eigenvalue weighted by atomic mass is 32.1. The van der Waals surface area contributed by atoms with Crippen LogP contribution in [-0.2, 0) is 19.1 Å². The Morgan fingerprint density at radius 1 is 1.09 bits per heavy atom. The average molecular weight is 484 g/mol. The molecule has 0 amide bonds. The molecule has 0 aliphatic heterocycles. The van der Waals surface area contributed by atoms with E-state index >= 15 is 0 Å². The maximum absolute atomic E-state index is 11.7. The van der Waals surface area contributed by atoms with E-state index in [0.29, 0.717) is 40.5 Å². The molecule has 9 nitrogen and oxygen atoms in total. The molecule has 0 saturated heterocycles. The molecule has 2 rings (SSSR count). The second-order valence-corrected chi connectivity index (χ2v) is 8.43. The highest BCUT2D eigenvalue weighted by molar-refractivity contribution is 7.10. The third kappa shape index (κ3) is 7.35. The molecular formula is C24H29N5O4S. The first-order valence-electron chi connectivity index (χ1n) is 10.5. The Hall–Kier alpha value is -3.84. The Labute approximate surface area is 203 Å². The summed E-state index contributed by atoms with van der Waals surface area (Å²) < 4.78 is 14.7. The highest BCUT2D eigenvalue weighted by Crippen LogP contribution is 2.26. The van der Waals surface area contributed by atoms with Gasteiger partial charge in [-0.2, -0.15) is 9.64 Å². The zero-order chi connectivity index (χ0) is 25.3. The maximum atomic E-state index is 11.7. The van der Waals surface area contributed by atoms with Gasteiger partial charge in [-0.05, 0) is 63.0 Å². The fourth-order valence-corrected chi connectivity index (χ4v) is 3.51. The van der Waals surface area contributed by atoms with Crippen molar-refractivity contribution >= 4 is 39.8 Å². The van der Waals surface area contributed by atoms with Gasteiger partial charge in [-0.1, -0.05) is 13.2 Å². The number of esters is 2. The zero-order valence-corrected chi connectivity index (χ0v) is 20.7. The molecule has 0 radical (unpaired) electrons. The number of benzene rings is 1. The lowest BCUT2D eigenvalue weighted by Crippen LogP contribution is -2.32. The van der Waals surface area contributed by atoms with Crippen LogP contribution in [0.3, 0.4) is 0 Å². The molecule has 1 aromatic carbocycles. The minimum atomic E-state index is -0.453. The molecule has 1 heterocycles. The van der Waals surface area contributed by atoms with Crippen molar-refractivity contribution in [1.82, 2.24) is 4.37 Å². The number of hydrazine groups is 1. The SMILES string of the molecule is C=C(C)C(=O)OCCN(CCOC(=O)C(=C)C)c1ccc(NNc2snc(C)c2C#N)c(C)c1. The van der Waals surface area contributed by atoms with Crippen LogP contribution in [0, 0.1) is 25.2 Å². The summed E-state index contributed by atoms with van der Waals surface area (Å²) in [5.41, 5.74) is 10.6. The van der Waals surface area contributed by atoms with Crippen LogP contribution in [-0.4, -0.2) is 42.6 Å². The molecule has 0 aliphatic rings. The number of hydrogen-bond donors (Lipinski definition) is 2. The molecule has 180 valence electrons. The molecule has 0 aliphatic carbocycles. The second kappa shape index (κ2) is 12.4. The number of carbonyl (C=O) groups is 2. The van der Waals surface area contributed by atoms with Gasteiger partial charge in [0.2, 0.25) is 0 Å². The zero-order valence-electron chi connectivity index (χ0n) is 19.9. The summed E-state index contributed by atoms with van der Waals surface area (Å²) in [5, 5.41) is 9.92. The van der Waals surface area contributed by atoms with Gasteiger partial charge in [0, 0.05) is 16.8 Å². The van der Waals surface area contributed by atoms with E-state index in [1.54, 1.807) is 20.8 Å². The summed E-state index contributed by atoms with van der Waals surface area (Å²) in [7, 11) is 0. The topological polar surface area (TPSA) is 117 Å². The van der Waals surface area contributed by atoms with Crippen molar-refractivity contribution in [3.8, 4) is 6.07 Å². The van der Waals surface area contributed by atoms with Gasteiger partial charge in [-0.25, -0.2) is 9.59 Å². The van der Waals surface area contributed by atoms with E-state index < -0.39 is 11.9 Å². The average Bonchev–Trinajstić information content (AvgIpc) is 3.15. The number of aromatic nitrogens is 1. The van der Waals surface area contributed by atoms with Crippen LogP contribution in [0.2, 0.25) is 0 Å². The van der Waals surface area contributed by atoms with Gasteiger partial charge in [-0.15, -0.1) is 0 Å². The van der Waals surface area contributed by atoms with Gasteiger partial charge < -0.3 is 14.4 Å². The predicted octanol–water partition coefficient (Wildman–Crippen LogP) is 4.12. The molecular weight excluding hydrogens is 454 g/mol. The molecule has 0 spiro atoms. The Morgan fingerprint density at radius 2 is 1.68 bits per heavy atom. The first kappa shape index (κ1) is 26.4. The fourth-order valence-electron chi connectivity index (χ4n) is 2.81. The number of aryl methyl sites for hydroxylation is 2. The Kier molecular flexibility index (Phi) is 9.64. The standard InChI is InChI=1S/C24H29N5O4S/c1-15(2)23(30)32-11-9-29(10-12-33-24(31)16(3)4)19-7-8-21(17(5)13-19)26-27-22-20(14-25)18(6)28-34-22/h7-8,13,26-27H,1,3,9-12H2,2,4-6H3. The summed E-state index contributed by atoms with van der Waals surface area (Å²) in [6.45, 7) is 15.2. The van der Waals surface area contributed by atoms with E-state index in [0.717, 1.165) is 16.9 Å². The first-order valence-corrected chi connectivity index (χ1v) is 11.3. The van der Waals surface area contributed by atoms with Crippen LogP contribution >= 0.6 is 11.5 Å². The quantitative estimate of drug-likeness (QED) is 0.261. The first-order chi connectivity index (χ1) is 16.1. The van der Waals surface area contributed by atoms with Crippen molar-refractivity contribution < 1.29 is 19.1 Å². The van der Waals surface area contributed by atoms with Gasteiger partial charge in [0.25, 0.3) is 0 Å². The summed E-state index contributed by atoms with van der Waals surface area (Å²) in [5.74, 6) is -0.906. The molecule has 0 bridgehead atoms. The van der Waals surface area contributed by atoms with Gasteiger partial charge in [0.15, 0.2) is 0 Å². The van der Waals surface area contributed by atoms with Gasteiger partial charge in [0.05, 0.1) is 24.5 Å². The monoisotopic (exact) mass is 483 g/mol. The third-order valence-electron chi connectivity index (χ3n) is 4.75. The van der Waals surface area contributed by atoms with Crippen molar-refractivity contribution in [2.75, 3.05) is 42.1 Å². The van der Waals surface area contributed by atoms with E-state index in [2.05, 4.69) is 34.5 Å². The summed E-state index contributed by atoms with van der Waals surface area (Å²) in [6, 6.07) is 7.91. The molecule has 34 heavy (non-hydrogen) atoms. The predicted molar refractivity (Wildman–Crippen MR) is 134 cm³/mol. The number of nitriles is 1. The van der Waals surface area contributed by atoms with Crippen LogP contribution in [0.1, 0.15) is 30.7 Å². The van der Waals surface area contributed by atoms with Crippen LogP contribution in [0.15, 0.2) is 42.5 Å². The van der Waals surface area contributed by atoms with Crippen LogP contribution in [0.25, 0.3) is 0 Å². The molecule has 2 N–H and O–H groups in total. The third-order valence-corrected chi connectivity index (χ3v) is 5.60. The molecule has 10 heteroatoms. The molecule has 2 aromatic rings. The normalized spacial score (nSPS) is 10.1. The van der Waals surface area contributed by atoms with E-state index in [1.165, 1.54) is 11.5 Å². The number of rotatable bonds is 12. The van der Waals surface area contributed by atoms with E-state index in [-0.39, 0.29) is 13.2 Å². The van der Waals surface area contributed by atoms with Gasteiger partial charge in [-0.3, -0.25) is 10.9 Å². The van der Waals surface area contributed by atoms with Crippen LogP contribution in [0.5, 0.6) is 0 Å². The number of nitrogens with one attached hydrogen (secondary N) is 2. The van der Waals surface area contributed by atoms with E-state index in [4.69, 9.17) is 9.47 Å². The Bertz CT molecular complexity index is 1090. The fraction of sp³-hybridized carbons (Fsp3) is 0.333. The molecule has 0 saturated carbocycles. The molecule has 0 unspecified atom stereocenters. The van der Waals surface area contributed by atoms with Crippen molar-refractivity contribution in [2.45, 2.75) is 27.7 Å². The Balaban J connectivity index is 2.10. The van der Waals surface area contributed by atoms with Crippen LogP contribution < -0.4 is 15.8 Å². The smallest absolute Gasteiger partial charge is 0.333 e. The largest absolute Gasteiger partial charge is 0.460 e. The number of nitrogens with zero attached hydrogens (tertiary/aromatic N) is 3. The molecule has 0 fully saturated rings. The summed E-state index contributed by atoms with van der Waals surface area (Å²) in [4.78, 5) is 25.4. The van der Waals surface area contributed by atoms with E-state index in [1.807, 2.05) is 30.0 Å². The van der Waals surface area contributed by atoms with Gasteiger partial charge in [0.1, 0.15) is 29.8 Å². The number of carbonyl (C=O) groups excluding carboxylic acids is 2. The lowest BCUT2D eigenvalue weighted by Gasteiger charge is -2.25. The van der Waals surface area contributed by atoms with Crippen molar-refractivity contribution in [3.63, 3.8) is 0 Å². The van der Waals surface area contributed by atoms with Crippen molar-refractivity contribution in [1.29, 1.82) is 5.26 Å². The summed E-state index contributed by atoms with van der Waals surface area (Å²) in [6.07, 6.45) is 0. The minimum absolute atomic E-state index is 0.155. The lowest BCUT2D eigenvalue weighted by molar-refractivity contribution is -0.139. The number of anilines is 3. The summed E-state index contributed by atoms with van der Waals surface area (Å²) >= 11 is 1.21. The van der Waals surface area contributed by atoms with E-state index in [9.17, 15) is 14.9 Å². The highest BCUT2D eigenvalue weighted by Gasteiger charge is 2.13. The Morgan fingerprint density at radius 3 is 2.18 bits per heavy atom. The number of hydrogen-bond acceptors (Lipinski definition) is 10. The molecule has 1 aromatic heterocycles. The van der Waals surface area contributed by atoms with Crippen molar-refractivity contribution in [2.24, 2.45) is 0 Å². The minimum Gasteiger partial charge on any atom is -0.460 e. The van der Waals surface area contributed by atoms with Crippen molar-refractivity contribution in [3.05, 3.63) is 59.3 Å². The van der Waals surface area contributed by atoms with Gasteiger partial charge >= 0.3 is 11.9 Å². The number of ether oxygens (including phenoxy) is 2. The van der Waals surface area contributed by atoms with Crippen LogP contribution in [0.4, 0.5) is 16.4 Å².